The van der Waals surface area contributed by atoms with Crippen LogP contribution >= 0.6 is 0 Å². The van der Waals surface area contributed by atoms with Crippen molar-refractivity contribution in [1.29, 1.82) is 0 Å². The first-order valence-corrected chi connectivity index (χ1v) is 12.0. The molecule has 1 aliphatic rings. The van der Waals surface area contributed by atoms with Gasteiger partial charge in [-0.05, 0) is 57.9 Å². The van der Waals surface area contributed by atoms with Gasteiger partial charge in [0.2, 0.25) is 0 Å². The van der Waals surface area contributed by atoms with Gasteiger partial charge >= 0.3 is 0 Å². The van der Waals surface area contributed by atoms with Crippen molar-refractivity contribution in [3.63, 3.8) is 0 Å². The van der Waals surface area contributed by atoms with Crippen molar-refractivity contribution in [2.24, 2.45) is 0 Å². The fourth-order valence-electron chi connectivity index (χ4n) is 4.57. The lowest BCUT2D eigenvalue weighted by Gasteiger charge is -2.32. The largest absolute Gasteiger partial charge is 0.494 e. The van der Waals surface area contributed by atoms with Crippen LogP contribution in [0.2, 0.25) is 0 Å². The number of para-hydroxylation sites is 1. The zero-order valence-corrected chi connectivity index (χ0v) is 20.5. The van der Waals surface area contributed by atoms with Crippen LogP contribution in [0.25, 0.3) is 0 Å². The number of hydrogen-bond donors (Lipinski definition) is 0. The van der Waals surface area contributed by atoms with Crippen LogP contribution in [-0.2, 0) is 17.7 Å². The number of nitrogens with zero attached hydrogens (tertiary/aromatic N) is 4. The third-order valence-electron chi connectivity index (χ3n) is 6.34. The molecule has 6 nitrogen and oxygen atoms in total. The molecule has 0 radical (unpaired) electrons. The fourth-order valence-corrected chi connectivity index (χ4v) is 4.57. The number of morpholine rings is 1. The predicted molar refractivity (Wildman–Crippen MR) is 131 cm³/mol. The minimum absolute atomic E-state index is 0.00994. The van der Waals surface area contributed by atoms with Crippen molar-refractivity contribution in [1.82, 2.24) is 19.7 Å². The number of hydrogen-bond acceptors (Lipinski definition) is 5. The van der Waals surface area contributed by atoms with Crippen molar-refractivity contribution in [3.05, 3.63) is 76.4 Å². The van der Waals surface area contributed by atoms with Gasteiger partial charge in [0, 0.05) is 49.6 Å². The Labute approximate surface area is 197 Å². The van der Waals surface area contributed by atoms with E-state index in [-0.39, 0.29) is 6.10 Å². The first-order chi connectivity index (χ1) is 16.0. The van der Waals surface area contributed by atoms with Crippen molar-refractivity contribution < 1.29 is 9.47 Å². The van der Waals surface area contributed by atoms with Crippen LogP contribution in [0.15, 0.2) is 42.6 Å². The summed E-state index contributed by atoms with van der Waals surface area (Å²) in [4.78, 5) is 7.23. The maximum Gasteiger partial charge on any atom is 0.122 e. The summed E-state index contributed by atoms with van der Waals surface area (Å²) in [6, 6.07) is 12.9. The van der Waals surface area contributed by atoms with Gasteiger partial charge in [-0.3, -0.25) is 14.6 Å². The molecule has 1 fully saturated rings. The second-order valence-corrected chi connectivity index (χ2v) is 9.09. The van der Waals surface area contributed by atoms with E-state index in [1.807, 2.05) is 25.3 Å². The summed E-state index contributed by atoms with van der Waals surface area (Å²) in [5.74, 6) is 0.946. The number of ether oxygens (including phenoxy) is 2. The fraction of sp³-hybridized carbons (Fsp3) is 0.481. The molecule has 0 bridgehead atoms. The number of aromatic nitrogens is 3. The molecule has 3 heterocycles. The van der Waals surface area contributed by atoms with Gasteiger partial charge in [-0.2, -0.15) is 5.10 Å². The molecular formula is C27H36N4O2. The van der Waals surface area contributed by atoms with Gasteiger partial charge in [-0.15, -0.1) is 0 Å². The van der Waals surface area contributed by atoms with Crippen LogP contribution in [0.5, 0.6) is 5.75 Å². The van der Waals surface area contributed by atoms with Gasteiger partial charge in [-0.1, -0.05) is 24.3 Å². The average Bonchev–Trinajstić information content (AvgIpc) is 3.10. The molecule has 4 rings (SSSR count). The predicted octanol–water partition coefficient (Wildman–Crippen LogP) is 5.04. The molecule has 0 spiro atoms. The lowest BCUT2D eigenvalue weighted by molar-refractivity contribution is -0.0351. The quantitative estimate of drug-likeness (QED) is 0.483. The number of rotatable bonds is 8. The highest BCUT2D eigenvalue weighted by molar-refractivity contribution is 5.37. The van der Waals surface area contributed by atoms with Crippen LogP contribution in [0.4, 0.5) is 0 Å². The van der Waals surface area contributed by atoms with Crippen molar-refractivity contribution in [3.8, 4) is 5.75 Å². The third-order valence-corrected chi connectivity index (χ3v) is 6.34. The maximum atomic E-state index is 6.10. The Morgan fingerprint density at radius 1 is 1.15 bits per heavy atom. The molecule has 0 amide bonds. The van der Waals surface area contributed by atoms with Gasteiger partial charge in [-0.25, -0.2) is 0 Å². The highest BCUT2D eigenvalue weighted by Gasteiger charge is 2.25. The minimum Gasteiger partial charge on any atom is -0.494 e. The van der Waals surface area contributed by atoms with Crippen molar-refractivity contribution in [2.45, 2.75) is 59.7 Å². The third kappa shape index (κ3) is 5.45. The second-order valence-electron chi connectivity index (χ2n) is 9.09. The molecule has 1 unspecified atom stereocenters. The zero-order chi connectivity index (χ0) is 23.4. The molecule has 1 atom stereocenters. The maximum absolute atomic E-state index is 6.10. The van der Waals surface area contributed by atoms with E-state index < -0.39 is 0 Å². The van der Waals surface area contributed by atoms with Gasteiger partial charge in [0.05, 0.1) is 24.6 Å². The van der Waals surface area contributed by atoms with E-state index >= 15 is 0 Å². The van der Waals surface area contributed by atoms with E-state index in [4.69, 9.17) is 19.6 Å². The van der Waals surface area contributed by atoms with Crippen LogP contribution in [0.3, 0.4) is 0 Å². The normalized spacial score (nSPS) is 17.0. The van der Waals surface area contributed by atoms with E-state index in [0.717, 1.165) is 43.2 Å². The molecule has 1 saturated heterocycles. The van der Waals surface area contributed by atoms with Gasteiger partial charge in [0.15, 0.2) is 0 Å². The molecule has 1 aliphatic heterocycles. The van der Waals surface area contributed by atoms with E-state index in [1.165, 1.54) is 22.4 Å². The number of aryl methyl sites for hydroxylation is 1. The molecule has 176 valence electrons. The van der Waals surface area contributed by atoms with E-state index in [2.05, 4.69) is 61.5 Å². The average molecular weight is 449 g/mol. The lowest BCUT2D eigenvalue weighted by atomic mass is 10.0. The monoisotopic (exact) mass is 448 g/mol. The first-order valence-electron chi connectivity index (χ1n) is 12.0. The Bertz CT molecular complexity index is 1060. The van der Waals surface area contributed by atoms with Crippen LogP contribution in [0, 0.1) is 13.8 Å². The minimum atomic E-state index is -0.00994. The molecule has 6 heteroatoms. The van der Waals surface area contributed by atoms with Gasteiger partial charge < -0.3 is 9.47 Å². The van der Waals surface area contributed by atoms with E-state index in [9.17, 15) is 0 Å². The summed E-state index contributed by atoms with van der Waals surface area (Å²) >= 11 is 0. The molecule has 3 aromatic rings. The second kappa shape index (κ2) is 10.5. The molecular weight excluding hydrogens is 412 g/mol. The van der Waals surface area contributed by atoms with E-state index in [0.29, 0.717) is 19.3 Å². The van der Waals surface area contributed by atoms with Crippen LogP contribution in [-0.4, -0.2) is 46.0 Å². The smallest absolute Gasteiger partial charge is 0.122 e. The molecule has 33 heavy (non-hydrogen) atoms. The van der Waals surface area contributed by atoms with Crippen molar-refractivity contribution in [2.75, 3.05) is 26.3 Å². The Balaban J connectivity index is 1.42. The van der Waals surface area contributed by atoms with Crippen LogP contribution in [0.1, 0.15) is 66.7 Å². The SMILES string of the molecule is CCOc1ccccc1Cc1ccc(C2CN(Cc3c(C)nn(C(C)C)c3C)CCO2)nc1. The first kappa shape index (κ1) is 23.5. The summed E-state index contributed by atoms with van der Waals surface area (Å²) in [5, 5.41) is 4.75. The summed E-state index contributed by atoms with van der Waals surface area (Å²) < 4.78 is 14.0. The Hall–Kier alpha value is -2.70. The summed E-state index contributed by atoms with van der Waals surface area (Å²) in [6.07, 6.45) is 2.77. The summed E-state index contributed by atoms with van der Waals surface area (Å²) in [7, 11) is 0. The van der Waals surface area contributed by atoms with Crippen LogP contribution < -0.4 is 4.74 Å². The summed E-state index contributed by atoms with van der Waals surface area (Å²) in [5.41, 5.74) is 7.07. The zero-order valence-electron chi connectivity index (χ0n) is 20.5. The topological polar surface area (TPSA) is 52.4 Å². The number of pyridine rings is 1. The molecule has 2 aromatic heterocycles. The summed E-state index contributed by atoms with van der Waals surface area (Å²) in [6.45, 7) is 14.7. The lowest BCUT2D eigenvalue weighted by Crippen LogP contribution is -2.38. The van der Waals surface area contributed by atoms with E-state index in [1.54, 1.807) is 0 Å². The van der Waals surface area contributed by atoms with Crippen molar-refractivity contribution >= 4 is 0 Å². The Morgan fingerprint density at radius 3 is 2.67 bits per heavy atom. The standard InChI is InChI=1S/C27H36N4O2/c1-6-32-26-10-8-7-9-23(26)15-22-11-12-25(28-16-22)27-18-30(13-14-33-27)17-24-20(4)29-31(19(2)3)21(24)5/h7-12,16,19,27H,6,13-15,17-18H2,1-5H3. The van der Waals surface area contributed by atoms with Gasteiger partial charge in [0.1, 0.15) is 11.9 Å². The number of benzene rings is 1. The molecule has 0 aliphatic carbocycles. The highest BCUT2D eigenvalue weighted by Crippen LogP contribution is 2.26. The Morgan fingerprint density at radius 2 is 1.97 bits per heavy atom. The molecule has 0 saturated carbocycles. The highest BCUT2D eigenvalue weighted by atomic mass is 16.5. The Kier molecular flexibility index (Phi) is 7.46. The van der Waals surface area contributed by atoms with Gasteiger partial charge in [0.25, 0.3) is 0 Å². The molecule has 0 N–H and O–H groups in total. The molecule has 1 aromatic carbocycles.